The third-order valence-electron chi connectivity index (χ3n) is 2.69. The number of hydrogen-bond acceptors (Lipinski definition) is 4. The zero-order valence-corrected chi connectivity index (χ0v) is 11.6. The largest absolute Gasteiger partial charge is 0.507 e. The Balaban J connectivity index is 3.13. The topological polar surface area (TPSA) is 104 Å². The van der Waals surface area contributed by atoms with Gasteiger partial charge in [-0.25, -0.2) is 17.9 Å². The van der Waals surface area contributed by atoms with Crippen LogP contribution in [0.3, 0.4) is 0 Å². The van der Waals surface area contributed by atoms with Crippen LogP contribution in [0.5, 0.6) is 5.75 Å². The molecule has 0 spiro atoms. The van der Waals surface area contributed by atoms with Crippen molar-refractivity contribution in [1.29, 1.82) is 0 Å². The lowest BCUT2D eigenvalue weighted by Crippen LogP contribution is -2.34. The number of sulfonamides is 1. The zero-order chi connectivity index (χ0) is 15.3. The quantitative estimate of drug-likeness (QED) is 0.684. The van der Waals surface area contributed by atoms with Crippen LogP contribution in [0.25, 0.3) is 0 Å². The molecule has 0 radical (unpaired) electrons. The Morgan fingerprint density at radius 2 is 2.15 bits per heavy atom. The van der Waals surface area contributed by atoms with Gasteiger partial charge in [0.15, 0.2) is 0 Å². The van der Waals surface area contributed by atoms with Gasteiger partial charge in [0.05, 0.1) is 4.90 Å². The van der Waals surface area contributed by atoms with E-state index in [1.165, 1.54) is 0 Å². The number of aromatic hydroxyl groups is 1. The van der Waals surface area contributed by atoms with Crippen molar-refractivity contribution in [2.75, 3.05) is 0 Å². The van der Waals surface area contributed by atoms with Gasteiger partial charge in [0.1, 0.15) is 11.3 Å². The molecule has 0 aromatic heterocycles. The van der Waals surface area contributed by atoms with Gasteiger partial charge < -0.3 is 10.2 Å². The first kappa shape index (κ1) is 16.0. The Labute approximate surface area is 117 Å². The molecule has 3 N–H and O–H groups in total. The maximum absolute atomic E-state index is 12.1. The predicted molar refractivity (Wildman–Crippen MR) is 72.9 cm³/mol. The Morgan fingerprint density at radius 3 is 2.65 bits per heavy atom. The highest BCUT2D eigenvalue weighted by Gasteiger charge is 2.21. The highest BCUT2D eigenvalue weighted by molar-refractivity contribution is 7.89. The molecule has 0 amide bonds. The van der Waals surface area contributed by atoms with E-state index in [-0.39, 0.29) is 11.3 Å². The summed E-state index contributed by atoms with van der Waals surface area (Å²) in [6, 6.07) is 2.64. The summed E-state index contributed by atoms with van der Waals surface area (Å²) in [5, 5.41) is 18.2. The van der Waals surface area contributed by atoms with E-state index < -0.39 is 33.3 Å². The lowest BCUT2D eigenvalue weighted by molar-refractivity contribution is 0.0693. The van der Waals surface area contributed by atoms with Crippen LogP contribution >= 0.6 is 0 Å². The molecule has 1 aromatic rings. The second kappa shape index (κ2) is 6.41. The van der Waals surface area contributed by atoms with Crippen molar-refractivity contribution in [2.24, 2.45) is 0 Å². The van der Waals surface area contributed by atoms with E-state index in [0.29, 0.717) is 6.42 Å². The summed E-state index contributed by atoms with van der Waals surface area (Å²) in [5.74, 6) is 0.470. The summed E-state index contributed by atoms with van der Waals surface area (Å²) < 4.78 is 26.6. The van der Waals surface area contributed by atoms with Gasteiger partial charge >= 0.3 is 5.97 Å². The summed E-state index contributed by atoms with van der Waals surface area (Å²) in [6.07, 6.45) is 5.89. The molecule has 108 valence electrons. The summed E-state index contributed by atoms with van der Waals surface area (Å²) in [7, 11) is -3.89. The zero-order valence-electron chi connectivity index (χ0n) is 10.8. The van der Waals surface area contributed by atoms with Crippen molar-refractivity contribution in [1.82, 2.24) is 4.72 Å². The van der Waals surface area contributed by atoms with Crippen LogP contribution in [0.1, 0.15) is 30.1 Å². The van der Waals surface area contributed by atoms with E-state index in [0.717, 1.165) is 18.2 Å². The van der Waals surface area contributed by atoms with E-state index in [1.807, 2.05) is 0 Å². The normalized spacial score (nSPS) is 12.6. The number of hydrogen-bond donors (Lipinski definition) is 3. The smallest absolute Gasteiger partial charge is 0.339 e. The molecule has 1 aromatic carbocycles. The van der Waals surface area contributed by atoms with Gasteiger partial charge in [-0.2, -0.15) is 0 Å². The molecule has 0 aliphatic carbocycles. The number of aromatic carboxylic acids is 1. The van der Waals surface area contributed by atoms with Crippen molar-refractivity contribution in [3.8, 4) is 18.1 Å². The van der Waals surface area contributed by atoms with Crippen molar-refractivity contribution in [3.05, 3.63) is 23.8 Å². The van der Waals surface area contributed by atoms with Gasteiger partial charge in [-0.15, -0.1) is 12.3 Å². The average molecular weight is 297 g/mol. The summed E-state index contributed by atoms with van der Waals surface area (Å²) in [4.78, 5) is 10.6. The van der Waals surface area contributed by atoms with Crippen LogP contribution in [-0.2, 0) is 10.0 Å². The first-order valence-electron chi connectivity index (χ1n) is 5.84. The molecule has 1 rings (SSSR count). The van der Waals surface area contributed by atoms with E-state index in [4.69, 9.17) is 11.5 Å². The number of rotatable bonds is 6. The molecular formula is C13H15NO5S. The number of carbonyl (C=O) groups is 1. The number of benzene rings is 1. The number of phenols is 1. The van der Waals surface area contributed by atoms with Crippen LogP contribution < -0.4 is 4.72 Å². The number of nitrogens with one attached hydrogen (secondary N) is 1. The predicted octanol–water partition coefficient (Wildman–Crippen LogP) is 1.17. The molecule has 6 nitrogen and oxygen atoms in total. The molecule has 0 saturated heterocycles. The van der Waals surface area contributed by atoms with E-state index >= 15 is 0 Å². The highest BCUT2D eigenvalue weighted by atomic mass is 32.2. The number of terminal acetylenes is 1. The molecule has 20 heavy (non-hydrogen) atoms. The molecule has 0 saturated carbocycles. The van der Waals surface area contributed by atoms with Crippen LogP contribution in [-0.4, -0.2) is 30.6 Å². The Bertz CT molecular complexity index is 645. The van der Waals surface area contributed by atoms with E-state index in [9.17, 15) is 18.3 Å². The Morgan fingerprint density at radius 1 is 1.50 bits per heavy atom. The fourth-order valence-electron chi connectivity index (χ4n) is 1.55. The first-order valence-corrected chi connectivity index (χ1v) is 7.32. The molecule has 7 heteroatoms. The maximum Gasteiger partial charge on any atom is 0.339 e. The van der Waals surface area contributed by atoms with Crippen molar-refractivity contribution in [2.45, 2.75) is 30.7 Å². The third-order valence-corrected chi connectivity index (χ3v) is 4.21. The molecular weight excluding hydrogens is 282 g/mol. The molecule has 0 fully saturated rings. The monoisotopic (exact) mass is 297 g/mol. The molecule has 0 aliphatic heterocycles. The minimum absolute atomic E-state index is 0.233. The van der Waals surface area contributed by atoms with Gasteiger partial charge in [-0.05, 0) is 24.6 Å². The van der Waals surface area contributed by atoms with Crippen LogP contribution in [0.15, 0.2) is 23.1 Å². The SMILES string of the molecule is C#CCC(CC)NS(=O)(=O)c1ccc(O)c(C(=O)O)c1. The Hall–Kier alpha value is -2.04. The second-order valence-corrected chi connectivity index (χ2v) is 5.83. The average Bonchev–Trinajstić information content (AvgIpc) is 2.37. The lowest BCUT2D eigenvalue weighted by Gasteiger charge is -2.15. The Kier molecular flexibility index (Phi) is 5.13. The molecule has 0 bridgehead atoms. The van der Waals surface area contributed by atoms with Crippen LogP contribution in [0.2, 0.25) is 0 Å². The van der Waals surface area contributed by atoms with Crippen molar-refractivity contribution < 1.29 is 23.4 Å². The van der Waals surface area contributed by atoms with Gasteiger partial charge in [0, 0.05) is 12.5 Å². The van der Waals surface area contributed by atoms with E-state index in [1.54, 1.807) is 6.92 Å². The maximum atomic E-state index is 12.1. The first-order chi connectivity index (χ1) is 9.31. The fourth-order valence-corrected chi connectivity index (χ4v) is 2.90. The van der Waals surface area contributed by atoms with Crippen molar-refractivity contribution in [3.63, 3.8) is 0 Å². The third kappa shape index (κ3) is 3.73. The summed E-state index contributed by atoms with van der Waals surface area (Å²) in [5.41, 5.74) is -0.474. The van der Waals surface area contributed by atoms with Gasteiger partial charge in [-0.3, -0.25) is 0 Å². The van der Waals surface area contributed by atoms with Gasteiger partial charge in [0.25, 0.3) is 0 Å². The van der Waals surface area contributed by atoms with Crippen LogP contribution in [0, 0.1) is 12.3 Å². The molecule has 1 atom stereocenters. The molecule has 0 aliphatic rings. The second-order valence-electron chi connectivity index (χ2n) is 4.12. The minimum Gasteiger partial charge on any atom is -0.507 e. The highest BCUT2D eigenvalue weighted by Crippen LogP contribution is 2.21. The van der Waals surface area contributed by atoms with E-state index in [2.05, 4.69) is 10.6 Å². The summed E-state index contributed by atoms with van der Waals surface area (Å²) >= 11 is 0. The minimum atomic E-state index is -3.89. The lowest BCUT2D eigenvalue weighted by atomic mass is 10.2. The fraction of sp³-hybridized carbons (Fsp3) is 0.308. The molecule has 0 heterocycles. The molecule has 1 unspecified atom stereocenters. The van der Waals surface area contributed by atoms with Crippen molar-refractivity contribution >= 4 is 16.0 Å². The van der Waals surface area contributed by atoms with Gasteiger partial charge in [-0.1, -0.05) is 6.92 Å². The summed E-state index contributed by atoms with van der Waals surface area (Å²) in [6.45, 7) is 1.78. The van der Waals surface area contributed by atoms with Crippen LogP contribution in [0.4, 0.5) is 0 Å². The number of carboxylic acids is 1. The van der Waals surface area contributed by atoms with Gasteiger partial charge in [0.2, 0.25) is 10.0 Å². The standard InChI is InChI=1S/C13H15NO5S/c1-3-5-9(4-2)14-20(18,19)10-6-7-12(15)11(8-10)13(16)17/h1,6-9,14-15H,4-5H2,2H3,(H,16,17). The number of carboxylic acid groups (broad SMARTS) is 1.